The third-order valence-electron chi connectivity index (χ3n) is 2.26. The molecule has 0 saturated heterocycles. The van der Waals surface area contributed by atoms with Gasteiger partial charge in [0.2, 0.25) is 5.13 Å². The summed E-state index contributed by atoms with van der Waals surface area (Å²) in [7, 11) is 0. The first kappa shape index (κ1) is 14.3. The number of carbonyl (C=O) groups excluding carboxylic acids is 1. The average Bonchev–Trinajstić information content (AvgIpc) is 2.90. The highest BCUT2D eigenvalue weighted by molar-refractivity contribution is 7.09. The van der Waals surface area contributed by atoms with Crippen molar-refractivity contribution in [1.82, 2.24) is 14.3 Å². The second kappa shape index (κ2) is 5.90. The number of hydrogen-bond acceptors (Lipinski definition) is 5. The molecule has 0 aliphatic heterocycles. The third-order valence-corrected chi connectivity index (χ3v) is 2.84. The molecular weight excluding hydrogens is 300 g/mol. The van der Waals surface area contributed by atoms with E-state index in [-0.39, 0.29) is 5.13 Å². The summed E-state index contributed by atoms with van der Waals surface area (Å²) in [5.41, 5.74) is -2.64. The summed E-state index contributed by atoms with van der Waals surface area (Å²) in [6.07, 6.45) is -4.29. The van der Waals surface area contributed by atoms with E-state index in [0.717, 1.165) is 30.1 Å². The number of nitrogens with one attached hydrogen (secondary N) is 1. The van der Waals surface area contributed by atoms with Crippen LogP contribution in [0.4, 0.5) is 22.7 Å². The van der Waals surface area contributed by atoms with E-state index in [1.807, 2.05) is 0 Å². The lowest BCUT2D eigenvalue weighted by Gasteiger charge is -2.12. The number of hydrogen-bond donors (Lipinski definition) is 1. The minimum atomic E-state index is -3.15. The molecule has 2 aromatic heterocycles. The summed E-state index contributed by atoms with van der Waals surface area (Å²) in [4.78, 5) is 18.8. The predicted octanol–water partition coefficient (Wildman–Crippen LogP) is 3.06. The van der Waals surface area contributed by atoms with Gasteiger partial charge < -0.3 is 0 Å². The lowest BCUT2D eigenvalue weighted by molar-refractivity contribution is 0.0986. The first-order valence-corrected chi connectivity index (χ1v) is 5.91. The number of amides is 1. The zero-order chi connectivity index (χ0) is 14.7. The van der Waals surface area contributed by atoms with Gasteiger partial charge in [-0.2, -0.15) is 4.37 Å². The van der Waals surface area contributed by atoms with Crippen molar-refractivity contribution >= 4 is 22.6 Å². The van der Waals surface area contributed by atoms with E-state index in [4.69, 9.17) is 0 Å². The van der Waals surface area contributed by atoms with Crippen LogP contribution in [0.2, 0.25) is 0 Å². The van der Waals surface area contributed by atoms with Gasteiger partial charge in [-0.1, -0.05) is 0 Å². The van der Waals surface area contributed by atoms with Gasteiger partial charge in [0.15, 0.2) is 0 Å². The zero-order valence-corrected chi connectivity index (χ0v) is 10.4. The van der Waals surface area contributed by atoms with Crippen molar-refractivity contribution in [2.45, 2.75) is 12.9 Å². The maximum Gasteiger partial charge on any atom is 0.281 e. The monoisotopic (exact) mass is 306 g/mol. The molecule has 0 saturated carbocycles. The van der Waals surface area contributed by atoms with Crippen LogP contribution in [-0.4, -0.2) is 20.2 Å². The fourth-order valence-electron chi connectivity index (χ4n) is 1.48. The van der Waals surface area contributed by atoms with E-state index in [2.05, 4.69) is 19.7 Å². The van der Waals surface area contributed by atoms with Gasteiger partial charge in [-0.25, -0.2) is 22.5 Å². The van der Waals surface area contributed by atoms with Crippen LogP contribution in [0.1, 0.15) is 34.5 Å². The Bertz CT molecular complexity index is 579. The molecule has 0 aromatic carbocycles. The van der Waals surface area contributed by atoms with Gasteiger partial charge >= 0.3 is 0 Å². The molecule has 2 aromatic rings. The zero-order valence-electron chi connectivity index (χ0n) is 9.56. The number of carbonyl (C=O) groups is 1. The fourth-order valence-corrected chi connectivity index (χ4v) is 1.90. The number of pyridine rings is 1. The molecule has 0 aliphatic rings. The van der Waals surface area contributed by atoms with Crippen molar-refractivity contribution in [1.29, 1.82) is 0 Å². The van der Waals surface area contributed by atoms with Gasteiger partial charge in [-0.3, -0.25) is 15.1 Å². The summed E-state index contributed by atoms with van der Waals surface area (Å²) in [5, 5.41) is 2.14. The standard InChI is InChI=1S/C10H6F4N4OS/c11-7(12)4-1-2-15-6(8(13)14)5(4)9(19)18-10-16-3-17-20-10/h1-3,7-8H,(H,16,17,18,19). The lowest BCUT2D eigenvalue weighted by atomic mass is 10.1. The van der Waals surface area contributed by atoms with Crippen molar-refractivity contribution in [3.05, 3.63) is 35.4 Å². The van der Waals surface area contributed by atoms with Crippen LogP contribution in [0.15, 0.2) is 18.6 Å². The summed E-state index contributed by atoms with van der Waals surface area (Å²) in [6.45, 7) is 0. The highest BCUT2D eigenvalue weighted by atomic mass is 32.1. The van der Waals surface area contributed by atoms with Crippen LogP contribution in [0.3, 0.4) is 0 Å². The van der Waals surface area contributed by atoms with Crippen LogP contribution in [0, 0.1) is 0 Å². The molecule has 5 nitrogen and oxygen atoms in total. The molecule has 0 bridgehead atoms. The Kier molecular flexibility index (Phi) is 4.23. The summed E-state index contributed by atoms with van der Waals surface area (Å²) in [5.74, 6) is -1.12. The minimum absolute atomic E-state index is 0.0132. The van der Waals surface area contributed by atoms with E-state index >= 15 is 0 Å². The van der Waals surface area contributed by atoms with Crippen LogP contribution >= 0.6 is 11.5 Å². The van der Waals surface area contributed by atoms with Gasteiger partial charge in [0.1, 0.15) is 12.0 Å². The maximum atomic E-state index is 12.8. The maximum absolute atomic E-state index is 12.8. The van der Waals surface area contributed by atoms with Gasteiger partial charge in [0, 0.05) is 23.3 Å². The largest absolute Gasteiger partial charge is 0.297 e. The normalized spacial score (nSPS) is 11.1. The van der Waals surface area contributed by atoms with E-state index in [1.54, 1.807) is 0 Å². The SMILES string of the molecule is O=C(Nc1ncns1)c1c(C(F)F)ccnc1C(F)F. The molecule has 0 spiro atoms. The molecule has 10 heteroatoms. The molecule has 0 radical (unpaired) electrons. The van der Waals surface area contributed by atoms with Crippen LogP contribution in [0.5, 0.6) is 0 Å². The van der Waals surface area contributed by atoms with Gasteiger partial charge in [0.25, 0.3) is 18.8 Å². The molecule has 20 heavy (non-hydrogen) atoms. The highest BCUT2D eigenvalue weighted by Gasteiger charge is 2.27. The Balaban J connectivity index is 2.44. The Morgan fingerprint density at radius 3 is 2.50 bits per heavy atom. The Hall–Kier alpha value is -2.10. The highest BCUT2D eigenvalue weighted by Crippen LogP contribution is 2.30. The van der Waals surface area contributed by atoms with Crippen molar-refractivity contribution in [3.8, 4) is 0 Å². The second-order valence-electron chi connectivity index (χ2n) is 3.46. The Labute approximate surface area is 113 Å². The van der Waals surface area contributed by atoms with Crippen molar-refractivity contribution in [2.24, 2.45) is 0 Å². The summed E-state index contributed by atoms with van der Waals surface area (Å²) in [6, 6.07) is 0.825. The van der Waals surface area contributed by atoms with Crippen molar-refractivity contribution < 1.29 is 22.4 Å². The molecular formula is C10H6F4N4OS. The summed E-state index contributed by atoms with van der Waals surface area (Å²) >= 11 is 0.786. The first-order chi connectivity index (χ1) is 9.50. The molecule has 106 valence electrons. The van der Waals surface area contributed by atoms with Crippen molar-refractivity contribution in [3.63, 3.8) is 0 Å². The number of aromatic nitrogens is 3. The van der Waals surface area contributed by atoms with Crippen LogP contribution in [-0.2, 0) is 0 Å². The van der Waals surface area contributed by atoms with Gasteiger partial charge in [-0.15, -0.1) is 0 Å². The molecule has 0 unspecified atom stereocenters. The molecule has 1 N–H and O–H groups in total. The molecule has 0 aliphatic carbocycles. The van der Waals surface area contributed by atoms with Crippen LogP contribution in [0.25, 0.3) is 0 Å². The molecule has 2 rings (SSSR count). The fraction of sp³-hybridized carbons (Fsp3) is 0.200. The number of halogens is 4. The summed E-state index contributed by atoms with van der Waals surface area (Å²) < 4.78 is 54.8. The number of anilines is 1. The smallest absolute Gasteiger partial charge is 0.281 e. The van der Waals surface area contributed by atoms with E-state index in [9.17, 15) is 22.4 Å². The lowest BCUT2D eigenvalue weighted by Crippen LogP contribution is -2.18. The van der Waals surface area contributed by atoms with E-state index < -0.39 is 35.6 Å². The number of alkyl halides is 4. The van der Waals surface area contributed by atoms with E-state index in [0.29, 0.717) is 0 Å². The molecule has 2 heterocycles. The topological polar surface area (TPSA) is 67.8 Å². The number of nitrogens with zero attached hydrogens (tertiary/aromatic N) is 3. The molecule has 0 fully saturated rings. The quantitative estimate of drug-likeness (QED) is 0.882. The predicted molar refractivity (Wildman–Crippen MR) is 62.0 cm³/mol. The third kappa shape index (κ3) is 2.90. The molecule has 0 atom stereocenters. The molecule has 1 amide bonds. The minimum Gasteiger partial charge on any atom is -0.297 e. The van der Waals surface area contributed by atoms with Crippen molar-refractivity contribution in [2.75, 3.05) is 5.32 Å². The van der Waals surface area contributed by atoms with Gasteiger partial charge in [0.05, 0.1) is 5.56 Å². The Morgan fingerprint density at radius 1 is 1.20 bits per heavy atom. The second-order valence-corrected chi connectivity index (χ2v) is 4.24. The van der Waals surface area contributed by atoms with Gasteiger partial charge in [-0.05, 0) is 6.07 Å². The first-order valence-electron chi connectivity index (χ1n) is 5.13. The Morgan fingerprint density at radius 2 is 1.95 bits per heavy atom. The van der Waals surface area contributed by atoms with Crippen LogP contribution < -0.4 is 5.32 Å². The number of rotatable bonds is 4. The average molecular weight is 306 g/mol. The van der Waals surface area contributed by atoms with E-state index in [1.165, 1.54) is 0 Å².